The lowest BCUT2D eigenvalue weighted by Crippen LogP contribution is -2.30. The first-order valence-electron chi connectivity index (χ1n) is 5.60. The number of halogens is 3. The van der Waals surface area contributed by atoms with E-state index in [2.05, 4.69) is 0 Å². The molecule has 17 heavy (non-hydrogen) atoms. The predicted octanol–water partition coefficient (Wildman–Crippen LogP) is 3.50. The van der Waals surface area contributed by atoms with Crippen LogP contribution < -0.4 is 0 Å². The molecule has 0 radical (unpaired) electrons. The average Bonchev–Trinajstić information content (AvgIpc) is 2.30. The van der Waals surface area contributed by atoms with Gasteiger partial charge in [-0.25, -0.2) is 13.2 Å². The van der Waals surface area contributed by atoms with Crippen molar-refractivity contribution in [3.8, 4) is 0 Å². The monoisotopic (exact) mass is 242 g/mol. The maximum atomic E-state index is 13.7. The third-order valence-corrected chi connectivity index (χ3v) is 3.60. The Morgan fingerprint density at radius 2 is 1.65 bits per heavy atom. The zero-order valence-corrected chi connectivity index (χ0v) is 9.53. The summed E-state index contributed by atoms with van der Waals surface area (Å²) in [7, 11) is 0. The quantitative estimate of drug-likeness (QED) is 0.689. The molecule has 0 spiro atoms. The summed E-state index contributed by atoms with van der Waals surface area (Å²) in [6.07, 6.45) is 1.70. The Hall–Kier alpha value is -1.32. The van der Waals surface area contributed by atoms with Gasteiger partial charge in [-0.3, -0.25) is 4.79 Å². The summed E-state index contributed by atoms with van der Waals surface area (Å²) in [5.41, 5.74) is -0.407. The molecular formula is C13H13F3O. The fourth-order valence-electron chi connectivity index (χ4n) is 2.34. The van der Waals surface area contributed by atoms with E-state index >= 15 is 0 Å². The highest BCUT2D eigenvalue weighted by Gasteiger charge is 2.35. The van der Waals surface area contributed by atoms with Gasteiger partial charge in [-0.1, -0.05) is 13.0 Å². The van der Waals surface area contributed by atoms with Crippen LogP contribution >= 0.6 is 0 Å². The minimum atomic E-state index is -1.43. The van der Waals surface area contributed by atoms with E-state index in [1.807, 2.05) is 0 Å². The van der Waals surface area contributed by atoms with Crippen LogP contribution in [0.5, 0.6) is 0 Å². The van der Waals surface area contributed by atoms with Gasteiger partial charge in [0.25, 0.3) is 0 Å². The summed E-state index contributed by atoms with van der Waals surface area (Å²) < 4.78 is 39.7. The van der Waals surface area contributed by atoms with E-state index in [-0.39, 0.29) is 11.3 Å². The van der Waals surface area contributed by atoms with E-state index in [9.17, 15) is 18.0 Å². The van der Waals surface area contributed by atoms with Gasteiger partial charge >= 0.3 is 0 Å². The predicted molar refractivity (Wildman–Crippen MR) is 57.1 cm³/mol. The first kappa shape index (κ1) is 12.1. The van der Waals surface area contributed by atoms with Crippen LogP contribution in [0.3, 0.4) is 0 Å². The lowest BCUT2D eigenvalue weighted by molar-refractivity contribution is -0.121. The first-order valence-corrected chi connectivity index (χ1v) is 5.60. The van der Waals surface area contributed by atoms with E-state index in [1.54, 1.807) is 6.92 Å². The number of hydrogen-bond acceptors (Lipinski definition) is 1. The first-order chi connectivity index (χ1) is 7.94. The number of carbonyl (C=O) groups excluding carboxylic acids is 1. The Bertz CT molecular complexity index is 458. The van der Waals surface area contributed by atoms with E-state index in [0.717, 1.165) is 6.07 Å². The summed E-state index contributed by atoms with van der Waals surface area (Å²) in [6, 6.07) is 2.22. The molecular weight excluding hydrogens is 229 g/mol. The van der Waals surface area contributed by atoms with Crippen molar-refractivity contribution in [1.82, 2.24) is 0 Å². The van der Waals surface area contributed by atoms with Gasteiger partial charge in [-0.2, -0.15) is 0 Å². The summed E-state index contributed by atoms with van der Waals surface area (Å²) in [5, 5.41) is 0. The molecule has 1 aliphatic rings. The SMILES string of the molecule is CC1(c2ccc(F)c(F)c2F)CCC(=O)CC1. The van der Waals surface area contributed by atoms with Crippen molar-refractivity contribution in [3.63, 3.8) is 0 Å². The Morgan fingerprint density at radius 1 is 1.06 bits per heavy atom. The summed E-state index contributed by atoms with van der Waals surface area (Å²) in [4.78, 5) is 11.2. The van der Waals surface area contributed by atoms with Crippen molar-refractivity contribution >= 4 is 5.78 Å². The average molecular weight is 242 g/mol. The van der Waals surface area contributed by atoms with Crippen LogP contribution in [0.4, 0.5) is 13.2 Å². The van der Waals surface area contributed by atoms with Gasteiger partial charge in [0.15, 0.2) is 17.5 Å². The largest absolute Gasteiger partial charge is 0.300 e. The molecule has 0 atom stereocenters. The maximum absolute atomic E-state index is 13.7. The molecule has 0 heterocycles. The van der Waals surface area contributed by atoms with Gasteiger partial charge in [0.1, 0.15) is 5.78 Å². The summed E-state index contributed by atoms with van der Waals surface area (Å²) in [6.45, 7) is 1.79. The summed E-state index contributed by atoms with van der Waals surface area (Å²) in [5.74, 6) is -3.59. The van der Waals surface area contributed by atoms with Crippen LogP contribution in [0.2, 0.25) is 0 Å². The van der Waals surface area contributed by atoms with Gasteiger partial charge in [-0.15, -0.1) is 0 Å². The van der Waals surface area contributed by atoms with Gasteiger partial charge < -0.3 is 0 Å². The Labute approximate surface area is 97.6 Å². The second-order valence-corrected chi connectivity index (χ2v) is 4.82. The van der Waals surface area contributed by atoms with Crippen LogP contribution in [-0.2, 0) is 10.2 Å². The molecule has 0 amide bonds. The molecule has 1 saturated carbocycles. The third kappa shape index (κ3) is 2.08. The molecule has 2 rings (SSSR count). The standard InChI is InChI=1S/C13H13F3O/c1-13(6-4-8(17)5-7-13)9-2-3-10(14)12(16)11(9)15/h2-3H,4-7H2,1H3. The lowest BCUT2D eigenvalue weighted by Gasteiger charge is -2.33. The Morgan fingerprint density at radius 3 is 2.24 bits per heavy atom. The van der Waals surface area contributed by atoms with E-state index in [1.165, 1.54) is 6.07 Å². The van der Waals surface area contributed by atoms with Crippen molar-refractivity contribution < 1.29 is 18.0 Å². The number of carbonyl (C=O) groups is 1. The van der Waals surface area contributed by atoms with Gasteiger partial charge in [0.2, 0.25) is 0 Å². The minimum absolute atomic E-state index is 0.144. The summed E-state index contributed by atoms with van der Waals surface area (Å²) >= 11 is 0. The topological polar surface area (TPSA) is 17.1 Å². The van der Waals surface area contributed by atoms with Crippen molar-refractivity contribution in [1.29, 1.82) is 0 Å². The zero-order valence-electron chi connectivity index (χ0n) is 9.53. The van der Waals surface area contributed by atoms with Gasteiger partial charge in [0.05, 0.1) is 0 Å². The molecule has 0 unspecified atom stereocenters. The van der Waals surface area contributed by atoms with Crippen LogP contribution in [0.15, 0.2) is 12.1 Å². The molecule has 1 aliphatic carbocycles. The molecule has 1 fully saturated rings. The van der Waals surface area contributed by atoms with Crippen molar-refractivity contribution in [2.24, 2.45) is 0 Å². The minimum Gasteiger partial charge on any atom is -0.300 e. The number of rotatable bonds is 1. The van der Waals surface area contributed by atoms with Gasteiger partial charge in [-0.05, 0) is 29.9 Å². The number of ketones is 1. The van der Waals surface area contributed by atoms with Crippen LogP contribution in [0.25, 0.3) is 0 Å². The molecule has 0 bridgehead atoms. The molecule has 0 aromatic heterocycles. The molecule has 92 valence electrons. The number of Topliss-reactive ketones (excluding diaryl/α,β-unsaturated/α-hetero) is 1. The normalized spacial score (nSPS) is 19.4. The lowest BCUT2D eigenvalue weighted by atomic mass is 9.70. The highest BCUT2D eigenvalue weighted by atomic mass is 19.2. The zero-order chi connectivity index (χ0) is 12.6. The molecule has 1 aromatic carbocycles. The molecule has 0 N–H and O–H groups in total. The van der Waals surface area contributed by atoms with E-state index in [0.29, 0.717) is 25.7 Å². The highest BCUT2D eigenvalue weighted by Crippen LogP contribution is 2.39. The van der Waals surface area contributed by atoms with E-state index in [4.69, 9.17) is 0 Å². The van der Waals surface area contributed by atoms with E-state index < -0.39 is 22.9 Å². The molecule has 4 heteroatoms. The molecule has 1 nitrogen and oxygen atoms in total. The van der Waals surface area contributed by atoms with Crippen molar-refractivity contribution in [3.05, 3.63) is 35.1 Å². The van der Waals surface area contributed by atoms with Crippen LogP contribution in [0, 0.1) is 17.5 Å². The van der Waals surface area contributed by atoms with Crippen molar-refractivity contribution in [2.75, 3.05) is 0 Å². The Balaban J connectivity index is 2.40. The smallest absolute Gasteiger partial charge is 0.194 e. The number of hydrogen-bond donors (Lipinski definition) is 0. The molecule has 0 saturated heterocycles. The maximum Gasteiger partial charge on any atom is 0.194 e. The second kappa shape index (κ2) is 4.17. The third-order valence-electron chi connectivity index (χ3n) is 3.60. The molecule has 0 aliphatic heterocycles. The van der Waals surface area contributed by atoms with Gasteiger partial charge in [0, 0.05) is 12.8 Å². The fraction of sp³-hybridized carbons (Fsp3) is 0.462. The molecule has 1 aromatic rings. The highest BCUT2D eigenvalue weighted by molar-refractivity contribution is 5.79. The second-order valence-electron chi connectivity index (χ2n) is 4.82. The number of benzene rings is 1. The van der Waals surface area contributed by atoms with Crippen LogP contribution in [0.1, 0.15) is 38.2 Å². The van der Waals surface area contributed by atoms with Crippen LogP contribution in [-0.4, -0.2) is 5.78 Å². The van der Waals surface area contributed by atoms with Crippen molar-refractivity contribution in [2.45, 2.75) is 38.0 Å². The Kier molecular flexibility index (Phi) is 2.98. The fourth-order valence-corrected chi connectivity index (χ4v) is 2.34.